The lowest BCUT2D eigenvalue weighted by atomic mass is 10.6. The molecule has 2 rings (SSSR count). The summed E-state index contributed by atoms with van der Waals surface area (Å²) in [6.07, 6.45) is 5.15. The van der Waals surface area contributed by atoms with Crippen LogP contribution in [0.3, 0.4) is 0 Å². The van der Waals surface area contributed by atoms with Crippen molar-refractivity contribution in [1.82, 2.24) is 14.4 Å². The van der Waals surface area contributed by atoms with Gasteiger partial charge in [0, 0.05) is 12.4 Å². The maximum absolute atomic E-state index is 5.51. The van der Waals surface area contributed by atoms with Crippen molar-refractivity contribution < 1.29 is 0 Å². The largest absolute Gasteiger partial charge is 0.396 e. The molecule has 56 valence electrons. The van der Waals surface area contributed by atoms with E-state index in [4.69, 9.17) is 5.73 Å². The van der Waals surface area contributed by atoms with E-state index in [-0.39, 0.29) is 0 Å². The monoisotopic (exact) mass is 212 g/mol. The number of nitrogen functional groups attached to an aromatic ring is 1. The first kappa shape index (κ1) is 6.60. The molecule has 0 amide bonds. The van der Waals surface area contributed by atoms with Crippen LogP contribution in [0.2, 0.25) is 0 Å². The third-order valence-electron chi connectivity index (χ3n) is 1.30. The minimum Gasteiger partial charge on any atom is -0.396 e. The zero-order valence-electron chi connectivity index (χ0n) is 5.53. The normalized spacial score (nSPS) is 10.6. The van der Waals surface area contributed by atoms with Gasteiger partial charge in [-0.05, 0) is 15.9 Å². The number of hydrogen-bond donors (Lipinski definition) is 1. The lowest BCUT2D eigenvalue weighted by molar-refractivity contribution is 1.11. The fourth-order valence-corrected chi connectivity index (χ4v) is 1.25. The van der Waals surface area contributed by atoms with E-state index in [9.17, 15) is 0 Å². The SMILES string of the molecule is Nc1cnc2nc(Br)cn2c1. The zero-order chi connectivity index (χ0) is 7.84. The molecule has 0 fully saturated rings. The van der Waals surface area contributed by atoms with E-state index in [2.05, 4.69) is 25.9 Å². The van der Waals surface area contributed by atoms with E-state index in [1.165, 1.54) is 0 Å². The van der Waals surface area contributed by atoms with Crippen molar-refractivity contribution in [2.24, 2.45) is 0 Å². The Labute approximate surface area is 71.2 Å². The average Bonchev–Trinajstić information content (AvgIpc) is 2.27. The molecule has 0 bridgehead atoms. The molecule has 2 N–H and O–H groups in total. The Morgan fingerprint density at radius 3 is 3.09 bits per heavy atom. The summed E-state index contributed by atoms with van der Waals surface area (Å²) in [5.74, 6) is 0.645. The van der Waals surface area contributed by atoms with Crippen LogP contribution in [0.25, 0.3) is 5.78 Å². The fraction of sp³-hybridized carbons (Fsp3) is 0. The number of fused-ring (bicyclic) bond motifs is 1. The Bertz CT molecular complexity index is 394. The molecule has 0 aliphatic heterocycles. The number of halogens is 1. The Hall–Kier alpha value is -1.10. The third-order valence-corrected chi connectivity index (χ3v) is 1.68. The first-order chi connectivity index (χ1) is 5.25. The Morgan fingerprint density at radius 1 is 1.45 bits per heavy atom. The number of hydrogen-bond acceptors (Lipinski definition) is 3. The Morgan fingerprint density at radius 2 is 2.27 bits per heavy atom. The molecular formula is C6H5BrN4. The second-order valence-electron chi connectivity index (χ2n) is 2.16. The molecule has 11 heavy (non-hydrogen) atoms. The van der Waals surface area contributed by atoms with Crippen molar-refractivity contribution in [1.29, 1.82) is 0 Å². The Kier molecular flexibility index (Phi) is 1.32. The number of nitrogens with two attached hydrogens (primary N) is 1. The molecule has 0 aromatic carbocycles. The van der Waals surface area contributed by atoms with Crippen LogP contribution in [0, 0.1) is 0 Å². The van der Waals surface area contributed by atoms with Gasteiger partial charge in [-0.25, -0.2) is 9.97 Å². The minimum absolute atomic E-state index is 0.627. The van der Waals surface area contributed by atoms with Crippen molar-refractivity contribution in [2.75, 3.05) is 5.73 Å². The number of nitrogens with zero attached hydrogens (tertiary/aromatic N) is 3. The van der Waals surface area contributed by atoms with E-state index in [0.29, 0.717) is 11.5 Å². The fourth-order valence-electron chi connectivity index (χ4n) is 0.871. The topological polar surface area (TPSA) is 56.2 Å². The van der Waals surface area contributed by atoms with Crippen LogP contribution in [-0.2, 0) is 0 Å². The molecule has 2 heterocycles. The van der Waals surface area contributed by atoms with Gasteiger partial charge in [-0.3, -0.25) is 4.40 Å². The van der Waals surface area contributed by atoms with Crippen LogP contribution < -0.4 is 5.73 Å². The van der Waals surface area contributed by atoms with E-state index >= 15 is 0 Å². The van der Waals surface area contributed by atoms with Crippen molar-refractivity contribution >= 4 is 27.4 Å². The van der Waals surface area contributed by atoms with Crippen molar-refractivity contribution in [3.8, 4) is 0 Å². The van der Waals surface area contributed by atoms with Gasteiger partial charge in [-0.15, -0.1) is 0 Å². The highest BCUT2D eigenvalue weighted by atomic mass is 79.9. The summed E-state index contributed by atoms with van der Waals surface area (Å²) in [7, 11) is 0. The molecule has 5 heteroatoms. The summed E-state index contributed by atoms with van der Waals surface area (Å²) in [5, 5.41) is 0. The standard InChI is InChI=1S/C6H5BrN4/c7-5-3-11-2-4(8)1-9-6(11)10-5/h1-3H,8H2. The average molecular weight is 213 g/mol. The van der Waals surface area contributed by atoms with Gasteiger partial charge in [0.15, 0.2) is 0 Å². The lowest BCUT2D eigenvalue weighted by Gasteiger charge is -1.92. The molecule has 0 unspecified atom stereocenters. The van der Waals surface area contributed by atoms with Crippen LogP contribution in [-0.4, -0.2) is 14.4 Å². The summed E-state index contributed by atoms with van der Waals surface area (Å²) in [5.41, 5.74) is 6.13. The molecular weight excluding hydrogens is 208 g/mol. The van der Waals surface area contributed by atoms with Crippen LogP contribution in [0.4, 0.5) is 5.69 Å². The van der Waals surface area contributed by atoms with Crippen LogP contribution in [0.1, 0.15) is 0 Å². The summed E-state index contributed by atoms with van der Waals surface area (Å²) in [6, 6.07) is 0. The van der Waals surface area contributed by atoms with Crippen LogP contribution in [0.5, 0.6) is 0 Å². The first-order valence-corrected chi connectivity index (χ1v) is 3.81. The smallest absolute Gasteiger partial charge is 0.234 e. The molecule has 4 nitrogen and oxygen atoms in total. The van der Waals surface area contributed by atoms with Gasteiger partial charge in [0.1, 0.15) is 4.60 Å². The van der Waals surface area contributed by atoms with Crippen molar-refractivity contribution in [3.63, 3.8) is 0 Å². The molecule has 2 aromatic rings. The molecule has 0 saturated heterocycles. The summed E-state index contributed by atoms with van der Waals surface area (Å²) < 4.78 is 2.52. The second-order valence-corrected chi connectivity index (χ2v) is 2.97. The molecule has 0 spiro atoms. The highest BCUT2D eigenvalue weighted by Crippen LogP contribution is 2.09. The van der Waals surface area contributed by atoms with Gasteiger partial charge in [-0.2, -0.15) is 0 Å². The van der Waals surface area contributed by atoms with Crippen LogP contribution >= 0.6 is 15.9 Å². The van der Waals surface area contributed by atoms with Crippen molar-refractivity contribution in [2.45, 2.75) is 0 Å². The van der Waals surface area contributed by atoms with E-state index < -0.39 is 0 Å². The number of aromatic nitrogens is 3. The molecule has 2 aromatic heterocycles. The van der Waals surface area contributed by atoms with Gasteiger partial charge in [0.05, 0.1) is 11.9 Å². The van der Waals surface area contributed by atoms with Gasteiger partial charge >= 0.3 is 0 Å². The van der Waals surface area contributed by atoms with Gasteiger partial charge in [0.2, 0.25) is 5.78 Å². The van der Waals surface area contributed by atoms with Gasteiger partial charge in [-0.1, -0.05) is 0 Å². The second kappa shape index (κ2) is 2.20. The van der Waals surface area contributed by atoms with Gasteiger partial charge in [0.25, 0.3) is 0 Å². The number of rotatable bonds is 0. The highest BCUT2D eigenvalue weighted by Gasteiger charge is 1.97. The maximum atomic E-state index is 5.51. The molecule has 0 atom stereocenters. The third kappa shape index (κ3) is 1.07. The minimum atomic E-state index is 0.627. The summed E-state index contributed by atoms with van der Waals surface area (Å²) in [6.45, 7) is 0. The quantitative estimate of drug-likeness (QED) is 0.712. The predicted octanol–water partition coefficient (Wildman–Crippen LogP) is 1.07. The molecule has 0 radical (unpaired) electrons. The molecule has 0 saturated carbocycles. The molecule has 0 aliphatic carbocycles. The van der Waals surface area contributed by atoms with E-state index in [1.54, 1.807) is 23.0 Å². The predicted molar refractivity (Wildman–Crippen MR) is 45.1 cm³/mol. The van der Waals surface area contributed by atoms with Gasteiger partial charge < -0.3 is 5.73 Å². The number of anilines is 1. The van der Waals surface area contributed by atoms with Crippen molar-refractivity contribution in [3.05, 3.63) is 23.2 Å². The van der Waals surface area contributed by atoms with E-state index in [0.717, 1.165) is 4.60 Å². The Balaban J connectivity index is 2.82. The number of imidazole rings is 1. The zero-order valence-corrected chi connectivity index (χ0v) is 7.12. The highest BCUT2D eigenvalue weighted by molar-refractivity contribution is 9.10. The van der Waals surface area contributed by atoms with E-state index in [1.807, 2.05) is 0 Å². The molecule has 0 aliphatic rings. The first-order valence-electron chi connectivity index (χ1n) is 3.01. The maximum Gasteiger partial charge on any atom is 0.234 e. The lowest BCUT2D eigenvalue weighted by Crippen LogP contribution is -1.91. The summed E-state index contributed by atoms with van der Waals surface area (Å²) >= 11 is 3.24. The summed E-state index contributed by atoms with van der Waals surface area (Å²) in [4.78, 5) is 8.07. The van der Waals surface area contributed by atoms with Crippen LogP contribution in [0.15, 0.2) is 23.2 Å².